The van der Waals surface area contributed by atoms with E-state index in [0.717, 1.165) is 22.3 Å². The van der Waals surface area contributed by atoms with E-state index >= 15 is 0 Å². The quantitative estimate of drug-likeness (QED) is 0.666. The van der Waals surface area contributed by atoms with Crippen molar-refractivity contribution < 1.29 is 0 Å². The van der Waals surface area contributed by atoms with Gasteiger partial charge >= 0.3 is 0 Å². The summed E-state index contributed by atoms with van der Waals surface area (Å²) in [5.41, 5.74) is 0.985. The highest BCUT2D eigenvalue weighted by Gasteiger charge is 2.10. The average Bonchev–Trinajstić information content (AvgIpc) is 2.85. The lowest BCUT2D eigenvalue weighted by molar-refractivity contribution is 0.744. The Hall–Kier alpha value is -1.01. The predicted molar refractivity (Wildman–Crippen MR) is 72.9 cm³/mol. The first kappa shape index (κ1) is 12.4. The molecule has 1 aromatic heterocycles. The minimum atomic E-state index is 0.546. The predicted octanol–water partition coefficient (Wildman–Crippen LogP) is 2.32. The van der Waals surface area contributed by atoms with Crippen LogP contribution in [0.2, 0.25) is 0 Å². The van der Waals surface area contributed by atoms with E-state index in [0.29, 0.717) is 5.92 Å². The molecule has 1 heterocycles. The topological polar surface area (TPSA) is 43.6 Å². The minimum absolute atomic E-state index is 0.546. The van der Waals surface area contributed by atoms with Crippen LogP contribution in [0.5, 0.6) is 0 Å². The summed E-state index contributed by atoms with van der Waals surface area (Å²) in [6, 6.07) is 9.90. The Morgan fingerprint density at radius 3 is 2.82 bits per heavy atom. The number of rotatable bonds is 5. The molecule has 4 nitrogen and oxygen atoms in total. The molecule has 2 aromatic rings. The summed E-state index contributed by atoms with van der Waals surface area (Å²) in [6.45, 7) is 2.16. The third-order valence-electron chi connectivity index (χ3n) is 2.25. The van der Waals surface area contributed by atoms with Gasteiger partial charge in [-0.05, 0) is 34.2 Å². The molecule has 0 bridgehead atoms. The Kier molecular flexibility index (Phi) is 4.44. The Labute approximate surface area is 110 Å². The van der Waals surface area contributed by atoms with Gasteiger partial charge in [0, 0.05) is 5.75 Å². The van der Waals surface area contributed by atoms with E-state index in [2.05, 4.69) is 35.1 Å². The number of thiol groups is 1. The molecule has 0 aliphatic rings. The van der Waals surface area contributed by atoms with Crippen LogP contribution in [0.1, 0.15) is 6.92 Å². The number of nitrogens with zero attached hydrogens (tertiary/aromatic N) is 4. The summed E-state index contributed by atoms with van der Waals surface area (Å²) >= 11 is 5.93. The zero-order valence-electron chi connectivity index (χ0n) is 9.52. The number of hydrogen-bond acceptors (Lipinski definition) is 5. The Balaban J connectivity index is 2.12. The summed E-state index contributed by atoms with van der Waals surface area (Å²) < 4.78 is 1.76. The van der Waals surface area contributed by atoms with E-state index in [1.165, 1.54) is 0 Å². The van der Waals surface area contributed by atoms with Gasteiger partial charge in [-0.25, -0.2) is 0 Å². The van der Waals surface area contributed by atoms with Crippen LogP contribution >= 0.6 is 24.4 Å². The van der Waals surface area contributed by atoms with Crippen molar-refractivity contribution in [3.63, 3.8) is 0 Å². The van der Waals surface area contributed by atoms with Crippen molar-refractivity contribution in [1.82, 2.24) is 20.2 Å². The van der Waals surface area contributed by atoms with Crippen LogP contribution < -0.4 is 0 Å². The van der Waals surface area contributed by atoms with Gasteiger partial charge in [-0.15, -0.1) is 5.10 Å². The smallest absolute Gasteiger partial charge is 0.188 e. The van der Waals surface area contributed by atoms with Gasteiger partial charge in [-0.1, -0.05) is 36.9 Å². The first-order chi connectivity index (χ1) is 8.31. The zero-order chi connectivity index (χ0) is 12.1. The van der Waals surface area contributed by atoms with Crippen LogP contribution in [0, 0.1) is 5.92 Å². The van der Waals surface area contributed by atoms with Crippen LogP contribution in [-0.2, 0) is 0 Å². The van der Waals surface area contributed by atoms with E-state index in [1.807, 2.05) is 30.3 Å². The van der Waals surface area contributed by atoms with Gasteiger partial charge in [0.05, 0.1) is 5.69 Å². The molecule has 0 radical (unpaired) electrons. The minimum Gasteiger partial charge on any atom is -0.188 e. The highest BCUT2D eigenvalue weighted by Crippen LogP contribution is 2.20. The summed E-state index contributed by atoms with van der Waals surface area (Å²) in [5, 5.41) is 12.6. The highest BCUT2D eigenvalue weighted by atomic mass is 32.2. The maximum absolute atomic E-state index is 4.27. The highest BCUT2D eigenvalue weighted by molar-refractivity contribution is 7.99. The second-order valence-electron chi connectivity index (χ2n) is 3.81. The summed E-state index contributed by atoms with van der Waals surface area (Å²) in [5.74, 6) is 2.39. The molecule has 0 aliphatic heterocycles. The zero-order valence-corrected chi connectivity index (χ0v) is 11.2. The van der Waals surface area contributed by atoms with Crippen LogP contribution in [0.4, 0.5) is 0 Å². The van der Waals surface area contributed by atoms with Crippen molar-refractivity contribution in [2.45, 2.75) is 12.1 Å². The van der Waals surface area contributed by atoms with E-state index in [-0.39, 0.29) is 0 Å². The fraction of sp³-hybridized carbons (Fsp3) is 0.364. The lowest BCUT2D eigenvalue weighted by atomic mass is 10.3. The average molecular weight is 266 g/mol. The third-order valence-corrected chi connectivity index (χ3v) is 4.12. The van der Waals surface area contributed by atoms with Gasteiger partial charge in [-0.2, -0.15) is 17.3 Å². The third kappa shape index (κ3) is 3.23. The Morgan fingerprint density at radius 2 is 2.12 bits per heavy atom. The van der Waals surface area contributed by atoms with Gasteiger partial charge in [-0.3, -0.25) is 0 Å². The molecule has 0 fully saturated rings. The van der Waals surface area contributed by atoms with Gasteiger partial charge in [0.25, 0.3) is 0 Å². The molecular weight excluding hydrogens is 252 g/mol. The van der Waals surface area contributed by atoms with Gasteiger partial charge < -0.3 is 0 Å². The summed E-state index contributed by atoms with van der Waals surface area (Å²) in [6.07, 6.45) is 0. The lowest BCUT2D eigenvalue weighted by Gasteiger charge is -2.07. The molecular formula is C11H14N4S2. The first-order valence-electron chi connectivity index (χ1n) is 5.38. The molecule has 0 N–H and O–H groups in total. The van der Waals surface area contributed by atoms with Gasteiger partial charge in [0.15, 0.2) is 0 Å². The van der Waals surface area contributed by atoms with Crippen molar-refractivity contribution in [3.05, 3.63) is 30.3 Å². The largest absolute Gasteiger partial charge is 0.214 e. The fourth-order valence-corrected chi connectivity index (χ4v) is 2.48. The maximum atomic E-state index is 4.27. The van der Waals surface area contributed by atoms with Crippen molar-refractivity contribution in [3.8, 4) is 5.69 Å². The number of benzene rings is 1. The van der Waals surface area contributed by atoms with Gasteiger partial charge in [0.2, 0.25) is 5.16 Å². The number of thioether (sulfide) groups is 1. The molecule has 0 saturated carbocycles. The summed E-state index contributed by atoms with van der Waals surface area (Å²) in [7, 11) is 0. The Morgan fingerprint density at radius 1 is 1.35 bits per heavy atom. The van der Waals surface area contributed by atoms with Crippen molar-refractivity contribution >= 4 is 24.4 Å². The van der Waals surface area contributed by atoms with Crippen LogP contribution in [-0.4, -0.2) is 31.7 Å². The molecule has 0 spiro atoms. The Bertz CT molecular complexity index is 458. The maximum Gasteiger partial charge on any atom is 0.214 e. The normalized spacial score (nSPS) is 12.6. The van der Waals surface area contributed by atoms with Crippen molar-refractivity contribution in [2.24, 2.45) is 5.92 Å². The van der Waals surface area contributed by atoms with Crippen LogP contribution in [0.15, 0.2) is 35.5 Å². The standard InChI is InChI=1S/C11H14N4S2/c1-9(7-16)8-17-11-12-13-14-15(11)10-5-3-2-4-6-10/h2-6,9,16H,7-8H2,1H3. The molecule has 1 atom stereocenters. The number of aromatic nitrogens is 4. The molecule has 0 aliphatic carbocycles. The fourth-order valence-electron chi connectivity index (χ4n) is 1.27. The van der Waals surface area contributed by atoms with E-state index in [1.54, 1.807) is 16.4 Å². The first-order valence-corrected chi connectivity index (χ1v) is 7.00. The second kappa shape index (κ2) is 6.07. The van der Waals surface area contributed by atoms with E-state index < -0.39 is 0 Å². The van der Waals surface area contributed by atoms with Crippen molar-refractivity contribution in [2.75, 3.05) is 11.5 Å². The molecule has 0 saturated heterocycles. The molecule has 0 amide bonds. The number of hydrogen-bond donors (Lipinski definition) is 1. The number of tetrazole rings is 1. The van der Waals surface area contributed by atoms with E-state index in [9.17, 15) is 0 Å². The van der Waals surface area contributed by atoms with E-state index in [4.69, 9.17) is 0 Å². The molecule has 17 heavy (non-hydrogen) atoms. The molecule has 90 valence electrons. The molecule has 1 unspecified atom stereocenters. The van der Waals surface area contributed by atoms with Crippen LogP contribution in [0.25, 0.3) is 5.69 Å². The number of para-hydroxylation sites is 1. The SMILES string of the molecule is CC(CS)CSc1nnnn1-c1ccccc1. The molecule has 6 heteroatoms. The van der Waals surface area contributed by atoms with Crippen molar-refractivity contribution in [1.29, 1.82) is 0 Å². The van der Waals surface area contributed by atoms with Crippen LogP contribution in [0.3, 0.4) is 0 Å². The van der Waals surface area contributed by atoms with Gasteiger partial charge in [0.1, 0.15) is 0 Å². The molecule has 2 rings (SSSR count). The lowest BCUT2D eigenvalue weighted by Crippen LogP contribution is -2.03. The summed E-state index contributed by atoms with van der Waals surface area (Å²) in [4.78, 5) is 0. The molecule has 1 aromatic carbocycles. The monoisotopic (exact) mass is 266 g/mol. The second-order valence-corrected chi connectivity index (χ2v) is 5.16.